The number of likely N-dealkylation sites (tertiary alicyclic amines) is 1. The van der Waals surface area contributed by atoms with Crippen LogP contribution in [0.5, 0.6) is 0 Å². The van der Waals surface area contributed by atoms with Crippen molar-refractivity contribution in [3.63, 3.8) is 0 Å². The molecule has 1 atom stereocenters. The second kappa shape index (κ2) is 8.99. The molecule has 188 valence electrons. The SMILES string of the molecule is Cc1nccc(C(=O)N2CCc3cc(-c4cnc5[nH]cc(C)c5c4)cc(C4CCCN4C(=O)O)c3C2)n1. The summed E-state index contributed by atoms with van der Waals surface area (Å²) in [6.45, 7) is 5.32. The van der Waals surface area contributed by atoms with Crippen LogP contribution in [0.3, 0.4) is 0 Å². The first-order valence-corrected chi connectivity index (χ1v) is 12.6. The number of fused-ring (bicyclic) bond motifs is 2. The number of pyridine rings is 1. The second-order valence-corrected chi connectivity index (χ2v) is 9.89. The third-order valence-electron chi connectivity index (χ3n) is 7.59. The number of nitrogens with zero attached hydrogens (tertiary/aromatic N) is 5. The first-order valence-electron chi connectivity index (χ1n) is 12.6. The fourth-order valence-corrected chi connectivity index (χ4v) is 5.68. The lowest BCUT2D eigenvalue weighted by Gasteiger charge is -2.33. The van der Waals surface area contributed by atoms with Crippen molar-refractivity contribution in [3.8, 4) is 11.1 Å². The molecule has 1 fully saturated rings. The van der Waals surface area contributed by atoms with Crippen molar-refractivity contribution in [2.45, 2.75) is 45.7 Å². The minimum atomic E-state index is -0.909. The topological polar surface area (TPSA) is 115 Å². The van der Waals surface area contributed by atoms with Crippen LogP contribution in [-0.2, 0) is 13.0 Å². The Morgan fingerprint density at radius 1 is 1.11 bits per heavy atom. The van der Waals surface area contributed by atoms with E-state index >= 15 is 0 Å². The quantitative estimate of drug-likeness (QED) is 0.427. The summed E-state index contributed by atoms with van der Waals surface area (Å²) in [6, 6.07) is 7.83. The molecular weight excluding hydrogens is 468 g/mol. The maximum atomic E-state index is 13.3. The maximum absolute atomic E-state index is 13.3. The zero-order valence-corrected chi connectivity index (χ0v) is 20.9. The van der Waals surface area contributed by atoms with Gasteiger partial charge in [0.2, 0.25) is 0 Å². The minimum Gasteiger partial charge on any atom is -0.465 e. The van der Waals surface area contributed by atoms with Crippen LogP contribution < -0.4 is 0 Å². The van der Waals surface area contributed by atoms with E-state index in [-0.39, 0.29) is 11.9 Å². The van der Waals surface area contributed by atoms with Crippen LogP contribution in [0.2, 0.25) is 0 Å². The predicted octanol–water partition coefficient (Wildman–Crippen LogP) is 4.65. The third-order valence-corrected chi connectivity index (χ3v) is 7.59. The third kappa shape index (κ3) is 4.10. The number of aromatic nitrogens is 4. The van der Waals surface area contributed by atoms with Gasteiger partial charge in [0.1, 0.15) is 17.2 Å². The lowest BCUT2D eigenvalue weighted by molar-refractivity contribution is 0.0726. The monoisotopic (exact) mass is 496 g/mol. The molecule has 6 rings (SSSR count). The first-order chi connectivity index (χ1) is 17.9. The van der Waals surface area contributed by atoms with Crippen molar-refractivity contribution in [2.75, 3.05) is 13.1 Å². The van der Waals surface area contributed by atoms with Crippen LogP contribution in [0.1, 0.15) is 57.5 Å². The highest BCUT2D eigenvalue weighted by Gasteiger charge is 2.34. The molecule has 2 N–H and O–H groups in total. The number of carbonyl (C=O) groups is 2. The smallest absolute Gasteiger partial charge is 0.407 e. The van der Waals surface area contributed by atoms with Crippen molar-refractivity contribution >= 4 is 23.0 Å². The Hall–Kier alpha value is -4.27. The molecular formula is C28H28N6O3. The molecule has 2 amide bonds. The maximum Gasteiger partial charge on any atom is 0.407 e. The van der Waals surface area contributed by atoms with Crippen molar-refractivity contribution < 1.29 is 14.7 Å². The van der Waals surface area contributed by atoms with Crippen molar-refractivity contribution in [1.29, 1.82) is 0 Å². The molecule has 1 unspecified atom stereocenters. The summed E-state index contributed by atoms with van der Waals surface area (Å²) < 4.78 is 0. The van der Waals surface area contributed by atoms with E-state index in [2.05, 4.69) is 45.1 Å². The Balaban J connectivity index is 1.44. The molecule has 5 heterocycles. The average Bonchev–Trinajstić information content (AvgIpc) is 3.54. The summed E-state index contributed by atoms with van der Waals surface area (Å²) in [5, 5.41) is 11.0. The second-order valence-electron chi connectivity index (χ2n) is 9.89. The molecule has 2 aliphatic rings. The van der Waals surface area contributed by atoms with Crippen LogP contribution in [0.25, 0.3) is 22.2 Å². The normalized spacial score (nSPS) is 17.3. The van der Waals surface area contributed by atoms with Gasteiger partial charge in [0.15, 0.2) is 0 Å². The Bertz CT molecular complexity index is 1540. The molecule has 4 aromatic rings. The van der Waals surface area contributed by atoms with Gasteiger partial charge in [-0.25, -0.2) is 19.7 Å². The Morgan fingerprint density at radius 3 is 2.78 bits per heavy atom. The highest BCUT2D eigenvalue weighted by molar-refractivity contribution is 5.92. The van der Waals surface area contributed by atoms with E-state index in [4.69, 9.17) is 0 Å². The number of H-pyrrole nitrogens is 1. The fraction of sp³-hybridized carbons (Fsp3) is 0.321. The van der Waals surface area contributed by atoms with E-state index in [1.807, 2.05) is 17.3 Å². The van der Waals surface area contributed by atoms with Crippen LogP contribution in [0.4, 0.5) is 4.79 Å². The molecule has 9 heteroatoms. The van der Waals surface area contributed by atoms with E-state index in [0.29, 0.717) is 37.6 Å². The minimum absolute atomic E-state index is 0.134. The molecule has 0 radical (unpaired) electrons. The molecule has 0 spiro atoms. The number of amides is 2. The first kappa shape index (κ1) is 23.1. The van der Waals surface area contributed by atoms with Crippen LogP contribution in [0, 0.1) is 13.8 Å². The number of aromatic amines is 1. The molecule has 3 aromatic heterocycles. The van der Waals surface area contributed by atoms with Crippen LogP contribution in [-0.4, -0.2) is 59.9 Å². The molecule has 0 saturated carbocycles. The van der Waals surface area contributed by atoms with Gasteiger partial charge in [-0.15, -0.1) is 0 Å². The molecule has 0 aliphatic carbocycles. The molecule has 37 heavy (non-hydrogen) atoms. The van der Waals surface area contributed by atoms with Gasteiger partial charge in [-0.2, -0.15) is 0 Å². The predicted molar refractivity (Wildman–Crippen MR) is 138 cm³/mol. The van der Waals surface area contributed by atoms with E-state index in [1.165, 1.54) is 4.90 Å². The van der Waals surface area contributed by atoms with Gasteiger partial charge in [0.25, 0.3) is 5.91 Å². The van der Waals surface area contributed by atoms with Gasteiger partial charge in [0, 0.05) is 49.2 Å². The lowest BCUT2D eigenvalue weighted by atomic mass is 9.86. The van der Waals surface area contributed by atoms with Gasteiger partial charge in [-0.3, -0.25) is 4.79 Å². The number of carbonyl (C=O) groups excluding carboxylic acids is 1. The summed E-state index contributed by atoms with van der Waals surface area (Å²) in [7, 11) is 0. The Kier molecular flexibility index (Phi) is 5.62. The number of benzene rings is 1. The van der Waals surface area contributed by atoms with Crippen LogP contribution >= 0.6 is 0 Å². The lowest BCUT2D eigenvalue weighted by Crippen LogP contribution is -2.38. The average molecular weight is 497 g/mol. The highest BCUT2D eigenvalue weighted by Crippen LogP contribution is 2.40. The number of hydrogen-bond acceptors (Lipinski definition) is 5. The zero-order chi connectivity index (χ0) is 25.7. The molecule has 2 aliphatic heterocycles. The van der Waals surface area contributed by atoms with E-state index in [0.717, 1.165) is 57.3 Å². The van der Waals surface area contributed by atoms with E-state index in [1.54, 1.807) is 19.2 Å². The molecule has 1 aromatic carbocycles. The Labute approximate surface area is 214 Å². The molecule has 0 bridgehead atoms. The van der Waals surface area contributed by atoms with Crippen molar-refractivity contribution in [3.05, 3.63) is 76.6 Å². The van der Waals surface area contributed by atoms with Gasteiger partial charge >= 0.3 is 6.09 Å². The van der Waals surface area contributed by atoms with Crippen LogP contribution in [0.15, 0.2) is 42.9 Å². The van der Waals surface area contributed by atoms with Crippen molar-refractivity contribution in [1.82, 2.24) is 29.7 Å². The summed E-state index contributed by atoms with van der Waals surface area (Å²) in [5.41, 5.74) is 7.54. The largest absolute Gasteiger partial charge is 0.465 e. The summed E-state index contributed by atoms with van der Waals surface area (Å²) >= 11 is 0. The van der Waals surface area contributed by atoms with Crippen molar-refractivity contribution in [2.24, 2.45) is 0 Å². The van der Waals surface area contributed by atoms with E-state index in [9.17, 15) is 14.7 Å². The highest BCUT2D eigenvalue weighted by atomic mass is 16.4. The number of rotatable bonds is 3. The standard InChI is InChI=1S/C28H28N6O3/c1-16-13-30-26-21(16)12-20(14-31-26)19-10-18-6-9-33(27(35)24-5-7-29-17(2)32-24)15-23(18)22(11-19)25-4-3-8-34(25)28(36)37/h5,7,10-14,25H,3-4,6,8-9,15H2,1-2H3,(H,30,31)(H,36,37). The summed E-state index contributed by atoms with van der Waals surface area (Å²) in [6.07, 6.45) is 6.77. The van der Waals surface area contributed by atoms with Gasteiger partial charge < -0.3 is 19.9 Å². The number of carboxylic acid groups (broad SMARTS) is 1. The summed E-state index contributed by atoms with van der Waals surface area (Å²) in [4.78, 5) is 45.0. The van der Waals surface area contributed by atoms with Gasteiger partial charge in [0.05, 0.1) is 6.04 Å². The number of aryl methyl sites for hydroxylation is 2. The Morgan fingerprint density at radius 2 is 1.97 bits per heavy atom. The fourth-order valence-electron chi connectivity index (χ4n) is 5.68. The van der Waals surface area contributed by atoms with Gasteiger partial charge in [-0.1, -0.05) is 6.07 Å². The number of hydrogen-bond donors (Lipinski definition) is 2. The number of nitrogens with one attached hydrogen (secondary N) is 1. The zero-order valence-electron chi connectivity index (χ0n) is 20.9. The molecule has 1 saturated heterocycles. The van der Waals surface area contributed by atoms with E-state index < -0.39 is 6.09 Å². The molecule has 9 nitrogen and oxygen atoms in total. The van der Waals surface area contributed by atoms with Gasteiger partial charge in [-0.05, 0) is 79.1 Å². The summed E-state index contributed by atoms with van der Waals surface area (Å²) in [5.74, 6) is 0.421.